The molecule has 0 saturated carbocycles. The van der Waals surface area contributed by atoms with Crippen molar-refractivity contribution in [2.75, 3.05) is 6.61 Å². The highest BCUT2D eigenvalue weighted by Crippen LogP contribution is 2.30. The number of nitrogens with one attached hydrogen (secondary N) is 1. The van der Waals surface area contributed by atoms with E-state index in [9.17, 15) is 9.18 Å². The van der Waals surface area contributed by atoms with E-state index in [2.05, 4.69) is 5.32 Å². The number of rotatable bonds is 9. The van der Waals surface area contributed by atoms with Crippen LogP contribution in [0.15, 0.2) is 36.4 Å². The van der Waals surface area contributed by atoms with Crippen molar-refractivity contribution < 1.29 is 23.8 Å². The summed E-state index contributed by atoms with van der Waals surface area (Å²) in [6.45, 7) is 4.18. The average molecular weight is 382 g/mol. The molecule has 2 N–H and O–H groups in total. The lowest BCUT2D eigenvalue weighted by molar-refractivity contribution is -0.139. The molecule has 0 fully saturated rings. The molecular formula is C19H21ClFNO4. The molecule has 0 amide bonds. The second-order valence-corrected chi connectivity index (χ2v) is 6.05. The predicted molar refractivity (Wildman–Crippen MR) is 97.3 cm³/mol. The van der Waals surface area contributed by atoms with Gasteiger partial charge in [0.15, 0.2) is 11.5 Å². The van der Waals surface area contributed by atoms with Crippen LogP contribution in [-0.2, 0) is 17.9 Å². The molecule has 2 aromatic carbocycles. The van der Waals surface area contributed by atoms with Gasteiger partial charge in [0, 0.05) is 12.1 Å². The normalized spacial score (nSPS) is 11.8. The first-order chi connectivity index (χ1) is 12.4. The van der Waals surface area contributed by atoms with Crippen molar-refractivity contribution in [2.24, 2.45) is 0 Å². The lowest BCUT2D eigenvalue weighted by atomic mass is 10.2. The van der Waals surface area contributed by atoms with Crippen LogP contribution in [0.3, 0.4) is 0 Å². The Kier molecular flexibility index (Phi) is 7.24. The van der Waals surface area contributed by atoms with Crippen molar-refractivity contribution in [3.8, 4) is 11.5 Å². The zero-order valence-corrected chi connectivity index (χ0v) is 15.3. The summed E-state index contributed by atoms with van der Waals surface area (Å²) >= 11 is 6.01. The van der Waals surface area contributed by atoms with Gasteiger partial charge in [0.1, 0.15) is 18.5 Å². The molecule has 7 heteroatoms. The molecular weight excluding hydrogens is 361 g/mol. The number of carboxylic acids is 1. The van der Waals surface area contributed by atoms with Gasteiger partial charge in [-0.25, -0.2) is 4.39 Å². The average Bonchev–Trinajstić information content (AvgIpc) is 2.60. The fraction of sp³-hybridized carbons (Fsp3) is 0.316. The highest BCUT2D eigenvalue weighted by atomic mass is 35.5. The Labute approximate surface area is 156 Å². The molecule has 0 spiro atoms. The molecule has 0 aliphatic carbocycles. The Balaban J connectivity index is 2.11. The Morgan fingerprint density at radius 3 is 2.69 bits per heavy atom. The summed E-state index contributed by atoms with van der Waals surface area (Å²) in [4.78, 5) is 10.9. The summed E-state index contributed by atoms with van der Waals surface area (Å²) in [5, 5.41) is 12.1. The number of ether oxygens (including phenoxy) is 2. The van der Waals surface area contributed by atoms with Crippen LogP contribution in [0.4, 0.5) is 4.39 Å². The van der Waals surface area contributed by atoms with Crippen LogP contribution in [0.2, 0.25) is 5.02 Å². The molecule has 140 valence electrons. The predicted octanol–water partition coefficient (Wildman–Crippen LogP) is 4.02. The van der Waals surface area contributed by atoms with Gasteiger partial charge in [-0.15, -0.1) is 0 Å². The Bertz CT molecular complexity index is 749. The SMILES string of the molecule is CCOc1cc(CNC(C)C(=O)O)ccc1OCc1c(F)cccc1Cl. The fourth-order valence-corrected chi connectivity index (χ4v) is 2.45. The third-order valence-corrected chi connectivity index (χ3v) is 4.08. The summed E-state index contributed by atoms with van der Waals surface area (Å²) < 4.78 is 25.1. The third kappa shape index (κ3) is 5.34. The number of carboxylic acid groups (broad SMARTS) is 1. The van der Waals surface area contributed by atoms with Crippen LogP contribution in [0.25, 0.3) is 0 Å². The lowest BCUT2D eigenvalue weighted by Crippen LogP contribution is -2.33. The monoisotopic (exact) mass is 381 g/mol. The molecule has 1 atom stereocenters. The third-order valence-electron chi connectivity index (χ3n) is 3.72. The van der Waals surface area contributed by atoms with Crippen LogP contribution in [0, 0.1) is 5.82 Å². The van der Waals surface area contributed by atoms with E-state index in [4.69, 9.17) is 26.2 Å². The van der Waals surface area contributed by atoms with E-state index in [0.717, 1.165) is 5.56 Å². The zero-order valence-electron chi connectivity index (χ0n) is 14.6. The van der Waals surface area contributed by atoms with Crippen LogP contribution >= 0.6 is 11.6 Å². The zero-order chi connectivity index (χ0) is 19.1. The molecule has 0 heterocycles. The van der Waals surface area contributed by atoms with Crippen LogP contribution < -0.4 is 14.8 Å². The van der Waals surface area contributed by atoms with Crippen molar-refractivity contribution >= 4 is 17.6 Å². The summed E-state index contributed by atoms with van der Waals surface area (Å²) in [7, 11) is 0. The van der Waals surface area contributed by atoms with Gasteiger partial charge in [0.2, 0.25) is 0 Å². The van der Waals surface area contributed by atoms with E-state index >= 15 is 0 Å². The van der Waals surface area contributed by atoms with E-state index in [1.54, 1.807) is 31.2 Å². The Hall–Kier alpha value is -2.31. The van der Waals surface area contributed by atoms with E-state index in [0.29, 0.717) is 29.7 Å². The first-order valence-corrected chi connectivity index (χ1v) is 8.57. The quantitative estimate of drug-likeness (QED) is 0.686. The van der Waals surface area contributed by atoms with E-state index in [-0.39, 0.29) is 12.2 Å². The van der Waals surface area contributed by atoms with Gasteiger partial charge in [-0.05, 0) is 43.7 Å². The molecule has 0 aromatic heterocycles. The number of halogens is 2. The molecule has 26 heavy (non-hydrogen) atoms. The van der Waals surface area contributed by atoms with E-state index < -0.39 is 17.8 Å². The minimum absolute atomic E-state index is 0.0285. The van der Waals surface area contributed by atoms with Gasteiger partial charge < -0.3 is 19.9 Å². The molecule has 0 saturated heterocycles. The molecule has 1 unspecified atom stereocenters. The standard InChI is InChI=1S/C19H21ClFNO4/c1-3-25-18-9-13(10-22-12(2)19(23)24)7-8-17(18)26-11-14-15(20)5-4-6-16(14)21/h4-9,12,22H,3,10-11H2,1-2H3,(H,23,24). The first-order valence-electron chi connectivity index (χ1n) is 8.20. The number of hydrogen-bond acceptors (Lipinski definition) is 4. The smallest absolute Gasteiger partial charge is 0.320 e. The molecule has 0 radical (unpaired) electrons. The van der Waals surface area contributed by atoms with E-state index in [1.807, 2.05) is 6.92 Å². The maximum Gasteiger partial charge on any atom is 0.320 e. The van der Waals surface area contributed by atoms with Gasteiger partial charge in [-0.1, -0.05) is 23.7 Å². The molecule has 5 nitrogen and oxygen atoms in total. The molecule has 0 bridgehead atoms. The molecule has 2 rings (SSSR count). The maximum absolute atomic E-state index is 13.9. The van der Waals surface area contributed by atoms with Gasteiger partial charge >= 0.3 is 5.97 Å². The van der Waals surface area contributed by atoms with E-state index in [1.165, 1.54) is 12.1 Å². The number of aliphatic carboxylic acids is 1. The topological polar surface area (TPSA) is 67.8 Å². The lowest BCUT2D eigenvalue weighted by Gasteiger charge is -2.15. The van der Waals surface area contributed by atoms with Gasteiger partial charge in [0.05, 0.1) is 11.6 Å². The fourth-order valence-electron chi connectivity index (χ4n) is 2.23. The van der Waals surface area contributed by atoms with Crippen LogP contribution in [0.1, 0.15) is 25.0 Å². The van der Waals surface area contributed by atoms with Gasteiger partial charge in [0.25, 0.3) is 0 Å². The Morgan fingerprint density at radius 1 is 1.27 bits per heavy atom. The van der Waals surface area contributed by atoms with Crippen molar-refractivity contribution in [1.82, 2.24) is 5.32 Å². The summed E-state index contributed by atoms with van der Waals surface area (Å²) in [5.41, 5.74) is 1.12. The van der Waals surface area contributed by atoms with Crippen molar-refractivity contribution in [3.05, 3.63) is 58.4 Å². The minimum atomic E-state index is -0.920. The largest absolute Gasteiger partial charge is 0.490 e. The number of hydrogen-bond donors (Lipinski definition) is 2. The highest BCUT2D eigenvalue weighted by molar-refractivity contribution is 6.31. The maximum atomic E-state index is 13.9. The number of benzene rings is 2. The molecule has 0 aliphatic heterocycles. The van der Waals surface area contributed by atoms with Crippen molar-refractivity contribution in [3.63, 3.8) is 0 Å². The highest BCUT2D eigenvalue weighted by Gasteiger charge is 2.13. The molecule has 2 aromatic rings. The Morgan fingerprint density at radius 2 is 2.04 bits per heavy atom. The summed E-state index contributed by atoms with van der Waals surface area (Å²) in [5.74, 6) is -0.390. The van der Waals surface area contributed by atoms with Crippen LogP contribution in [-0.4, -0.2) is 23.7 Å². The second kappa shape index (κ2) is 9.40. The first kappa shape index (κ1) is 20.0. The second-order valence-electron chi connectivity index (χ2n) is 5.64. The number of carbonyl (C=O) groups is 1. The summed E-state index contributed by atoms with van der Waals surface area (Å²) in [6, 6.07) is 9.07. The molecule has 0 aliphatic rings. The van der Waals surface area contributed by atoms with Gasteiger partial charge in [-0.3, -0.25) is 4.79 Å². The van der Waals surface area contributed by atoms with Crippen LogP contribution in [0.5, 0.6) is 11.5 Å². The minimum Gasteiger partial charge on any atom is -0.490 e. The van der Waals surface area contributed by atoms with Gasteiger partial charge in [-0.2, -0.15) is 0 Å². The van der Waals surface area contributed by atoms with Crippen molar-refractivity contribution in [2.45, 2.75) is 33.0 Å². The summed E-state index contributed by atoms with van der Waals surface area (Å²) in [6.07, 6.45) is 0. The van der Waals surface area contributed by atoms with Crippen molar-refractivity contribution in [1.29, 1.82) is 0 Å².